The molecule has 7 heteroatoms. The largest absolute Gasteiger partial charge is 0.493 e. The van der Waals surface area contributed by atoms with E-state index in [-0.39, 0.29) is 6.04 Å². The zero-order chi connectivity index (χ0) is 24.1. The summed E-state index contributed by atoms with van der Waals surface area (Å²) in [7, 11) is 6.70. The fraction of sp³-hybridized carbons (Fsp3) is 0.519. The summed E-state index contributed by atoms with van der Waals surface area (Å²) in [6, 6.07) is 10.9. The van der Waals surface area contributed by atoms with Crippen molar-refractivity contribution < 1.29 is 18.9 Å². The van der Waals surface area contributed by atoms with Gasteiger partial charge in [0.2, 0.25) is 0 Å². The predicted molar refractivity (Wildman–Crippen MR) is 139 cm³/mol. The number of benzene rings is 2. The molecule has 0 unspecified atom stereocenters. The van der Waals surface area contributed by atoms with Crippen molar-refractivity contribution in [3.8, 4) is 23.0 Å². The first-order chi connectivity index (χ1) is 16.6. The standard InChI is InChI=1S/C27H36N2O4S/c1-30-23-11-10-18(15-24(23)31-2)14-22-21-17-26(33-4)25(32-3)16-19(21)12-13-29(22)27(34)28-20-8-6-5-7-9-20/h10-11,15-17,20,22H,5-9,12-14H2,1-4H3,(H,28,34)/t22-/m0/s1. The molecule has 0 bridgehead atoms. The van der Waals surface area contributed by atoms with E-state index >= 15 is 0 Å². The van der Waals surface area contributed by atoms with Gasteiger partial charge in [-0.15, -0.1) is 0 Å². The van der Waals surface area contributed by atoms with Gasteiger partial charge in [0.1, 0.15) is 0 Å². The number of thiocarbonyl (C=S) groups is 1. The first-order valence-corrected chi connectivity index (χ1v) is 12.5. The Labute approximate surface area is 208 Å². The van der Waals surface area contributed by atoms with Crippen LogP contribution in [-0.4, -0.2) is 51.0 Å². The molecule has 6 nitrogen and oxygen atoms in total. The third kappa shape index (κ3) is 5.19. The van der Waals surface area contributed by atoms with Crippen molar-refractivity contribution in [3.63, 3.8) is 0 Å². The van der Waals surface area contributed by atoms with E-state index in [1.807, 2.05) is 6.07 Å². The average Bonchev–Trinajstić information content (AvgIpc) is 2.88. The van der Waals surface area contributed by atoms with E-state index in [9.17, 15) is 0 Å². The summed E-state index contributed by atoms with van der Waals surface area (Å²) in [5.41, 5.74) is 3.67. The Hall–Kier alpha value is -2.67. The number of nitrogens with one attached hydrogen (secondary N) is 1. The van der Waals surface area contributed by atoms with Gasteiger partial charge in [-0.1, -0.05) is 25.3 Å². The molecule has 1 N–H and O–H groups in total. The molecule has 0 aromatic heterocycles. The van der Waals surface area contributed by atoms with Gasteiger partial charge in [-0.05, 0) is 78.9 Å². The summed E-state index contributed by atoms with van der Waals surface area (Å²) < 4.78 is 22.2. The van der Waals surface area contributed by atoms with Crippen LogP contribution in [0.2, 0.25) is 0 Å². The summed E-state index contributed by atoms with van der Waals surface area (Å²) in [4.78, 5) is 2.36. The molecule has 1 atom stereocenters. The molecule has 0 saturated heterocycles. The van der Waals surface area contributed by atoms with Crippen LogP contribution < -0.4 is 24.3 Å². The molecular weight excluding hydrogens is 448 g/mol. The Bertz CT molecular complexity index is 1010. The third-order valence-electron chi connectivity index (χ3n) is 7.07. The first kappa shape index (κ1) is 24.5. The van der Waals surface area contributed by atoms with E-state index in [1.165, 1.54) is 43.2 Å². The molecule has 34 heavy (non-hydrogen) atoms. The van der Waals surface area contributed by atoms with Gasteiger partial charge in [0.25, 0.3) is 0 Å². The van der Waals surface area contributed by atoms with E-state index in [0.717, 1.165) is 53.1 Å². The number of hydrogen-bond donors (Lipinski definition) is 1. The van der Waals surface area contributed by atoms with Crippen molar-refractivity contribution in [1.29, 1.82) is 0 Å². The first-order valence-electron chi connectivity index (χ1n) is 12.1. The maximum Gasteiger partial charge on any atom is 0.169 e. The molecule has 1 heterocycles. The van der Waals surface area contributed by atoms with Crippen molar-refractivity contribution in [2.45, 2.75) is 57.0 Å². The van der Waals surface area contributed by atoms with Gasteiger partial charge in [0, 0.05) is 12.6 Å². The molecule has 0 amide bonds. The molecule has 4 rings (SSSR count). The minimum absolute atomic E-state index is 0.0743. The lowest BCUT2D eigenvalue weighted by Crippen LogP contribution is -2.49. The fourth-order valence-corrected chi connectivity index (χ4v) is 5.61. The topological polar surface area (TPSA) is 52.2 Å². The maximum absolute atomic E-state index is 5.99. The van der Waals surface area contributed by atoms with Crippen LogP contribution in [-0.2, 0) is 12.8 Å². The highest BCUT2D eigenvalue weighted by Crippen LogP contribution is 2.40. The second-order valence-corrected chi connectivity index (χ2v) is 9.43. The Morgan fingerprint density at radius 2 is 1.53 bits per heavy atom. The van der Waals surface area contributed by atoms with E-state index in [2.05, 4.69) is 34.5 Å². The monoisotopic (exact) mass is 484 g/mol. The summed E-state index contributed by atoms with van der Waals surface area (Å²) in [5.74, 6) is 2.97. The lowest BCUT2D eigenvalue weighted by Gasteiger charge is -2.41. The quantitative estimate of drug-likeness (QED) is 0.551. The molecule has 1 aliphatic carbocycles. The molecule has 1 saturated carbocycles. The van der Waals surface area contributed by atoms with Crippen LogP contribution in [0.25, 0.3) is 0 Å². The van der Waals surface area contributed by atoms with Gasteiger partial charge in [0.05, 0.1) is 34.5 Å². The molecule has 1 aliphatic heterocycles. The molecule has 2 aliphatic rings. The summed E-state index contributed by atoms with van der Waals surface area (Å²) in [6.45, 7) is 0.860. The van der Waals surface area contributed by atoms with Crippen LogP contribution in [0.15, 0.2) is 30.3 Å². The average molecular weight is 485 g/mol. The number of fused-ring (bicyclic) bond motifs is 1. The zero-order valence-corrected chi connectivity index (χ0v) is 21.5. The molecule has 0 spiro atoms. The number of nitrogens with zero attached hydrogens (tertiary/aromatic N) is 1. The van der Waals surface area contributed by atoms with Gasteiger partial charge in [-0.3, -0.25) is 0 Å². The van der Waals surface area contributed by atoms with Crippen LogP contribution in [0.3, 0.4) is 0 Å². The van der Waals surface area contributed by atoms with Crippen molar-refractivity contribution in [2.75, 3.05) is 35.0 Å². The maximum atomic E-state index is 5.99. The highest BCUT2D eigenvalue weighted by Gasteiger charge is 2.32. The predicted octanol–water partition coefficient (Wildman–Crippen LogP) is 5.07. The number of rotatable bonds is 7. The number of ether oxygens (including phenoxy) is 4. The highest BCUT2D eigenvalue weighted by molar-refractivity contribution is 7.80. The van der Waals surface area contributed by atoms with Crippen molar-refractivity contribution in [3.05, 3.63) is 47.0 Å². The SMILES string of the molecule is COc1ccc(C[C@H]2c3cc(OC)c(OC)cc3CCN2C(=S)NC2CCCCC2)cc1OC. The summed E-state index contributed by atoms with van der Waals surface area (Å²) in [5, 5.41) is 4.53. The van der Waals surface area contributed by atoms with Crippen LogP contribution in [0.4, 0.5) is 0 Å². The Morgan fingerprint density at radius 3 is 2.21 bits per heavy atom. The molecule has 0 radical (unpaired) electrons. The van der Waals surface area contributed by atoms with Gasteiger partial charge < -0.3 is 29.2 Å². The lowest BCUT2D eigenvalue weighted by atomic mass is 9.88. The minimum atomic E-state index is 0.0743. The molecule has 184 valence electrons. The number of hydrogen-bond acceptors (Lipinski definition) is 5. The molecule has 2 aromatic carbocycles. The van der Waals surface area contributed by atoms with Gasteiger partial charge in [-0.2, -0.15) is 0 Å². The van der Waals surface area contributed by atoms with Crippen LogP contribution in [0.1, 0.15) is 54.8 Å². The lowest BCUT2D eigenvalue weighted by molar-refractivity contribution is 0.280. The number of methoxy groups -OCH3 is 4. The van der Waals surface area contributed by atoms with Crippen LogP contribution in [0.5, 0.6) is 23.0 Å². The van der Waals surface area contributed by atoms with E-state index < -0.39 is 0 Å². The Kier molecular flexibility index (Phi) is 8.03. The summed E-state index contributed by atoms with van der Waals surface area (Å²) in [6.07, 6.45) is 7.95. The normalized spacial score (nSPS) is 18.1. The van der Waals surface area contributed by atoms with E-state index in [4.69, 9.17) is 31.2 Å². The molecule has 1 fully saturated rings. The zero-order valence-electron chi connectivity index (χ0n) is 20.7. The highest BCUT2D eigenvalue weighted by atomic mass is 32.1. The Morgan fingerprint density at radius 1 is 0.882 bits per heavy atom. The van der Waals surface area contributed by atoms with Gasteiger partial charge >= 0.3 is 0 Å². The van der Waals surface area contributed by atoms with Crippen molar-refractivity contribution in [2.24, 2.45) is 0 Å². The second kappa shape index (κ2) is 11.2. The third-order valence-corrected chi connectivity index (χ3v) is 7.43. The molecular formula is C27H36N2O4S. The van der Waals surface area contributed by atoms with E-state index in [0.29, 0.717) is 6.04 Å². The van der Waals surface area contributed by atoms with Crippen LogP contribution in [0, 0.1) is 0 Å². The van der Waals surface area contributed by atoms with Crippen LogP contribution >= 0.6 is 12.2 Å². The van der Waals surface area contributed by atoms with Gasteiger partial charge in [0.15, 0.2) is 28.1 Å². The second-order valence-electron chi connectivity index (χ2n) is 9.04. The molecule has 2 aromatic rings. The van der Waals surface area contributed by atoms with Crippen molar-refractivity contribution >= 4 is 17.3 Å². The van der Waals surface area contributed by atoms with Crippen molar-refractivity contribution in [1.82, 2.24) is 10.2 Å². The fourth-order valence-electron chi connectivity index (χ4n) is 5.23. The Balaban J connectivity index is 1.68. The van der Waals surface area contributed by atoms with E-state index in [1.54, 1.807) is 28.4 Å². The minimum Gasteiger partial charge on any atom is -0.493 e. The van der Waals surface area contributed by atoms with Gasteiger partial charge in [-0.25, -0.2) is 0 Å². The summed E-state index contributed by atoms with van der Waals surface area (Å²) >= 11 is 5.99. The smallest absolute Gasteiger partial charge is 0.169 e.